The van der Waals surface area contributed by atoms with Gasteiger partial charge in [0.25, 0.3) is 0 Å². The topological polar surface area (TPSA) is 73.8 Å². The lowest BCUT2D eigenvalue weighted by Crippen LogP contribution is -2.04. The Morgan fingerprint density at radius 3 is 2.78 bits per heavy atom. The molecule has 0 aromatic carbocycles. The van der Waals surface area contributed by atoms with Crippen LogP contribution < -0.4 is 0 Å². The molecule has 0 bridgehead atoms. The van der Waals surface area contributed by atoms with E-state index in [4.69, 9.17) is 11.6 Å². The molecular weight excluding hydrogens is 256 g/mol. The lowest BCUT2D eigenvalue weighted by Gasteiger charge is -2.03. The van der Waals surface area contributed by atoms with Crippen molar-refractivity contribution in [1.29, 1.82) is 0 Å². The van der Waals surface area contributed by atoms with E-state index in [9.17, 15) is 10.1 Å². The van der Waals surface area contributed by atoms with Crippen molar-refractivity contribution in [1.82, 2.24) is 14.8 Å². The monoisotopic (exact) mass is 266 g/mol. The first kappa shape index (κ1) is 12.5. The maximum absolute atomic E-state index is 10.9. The molecule has 0 fully saturated rings. The molecule has 0 aliphatic rings. The first-order valence-electron chi connectivity index (χ1n) is 5.28. The average Bonchev–Trinajstić information content (AvgIpc) is 2.54. The Kier molecular flexibility index (Phi) is 3.29. The highest BCUT2D eigenvalue weighted by molar-refractivity contribution is 6.29. The lowest BCUT2D eigenvalue weighted by atomic mass is 10.2. The highest BCUT2D eigenvalue weighted by atomic mass is 35.5. The normalized spacial score (nSPS) is 10.6. The molecule has 2 aromatic rings. The van der Waals surface area contributed by atoms with Crippen molar-refractivity contribution in [3.63, 3.8) is 0 Å². The molecule has 0 saturated heterocycles. The van der Waals surface area contributed by atoms with Crippen LogP contribution in [0.1, 0.15) is 17.0 Å². The molecule has 0 spiro atoms. The molecule has 0 radical (unpaired) electrons. The van der Waals surface area contributed by atoms with Crippen LogP contribution in [0.5, 0.6) is 0 Å². The molecule has 0 atom stereocenters. The third-order valence-electron chi connectivity index (χ3n) is 2.65. The molecule has 2 heterocycles. The molecule has 0 aliphatic heterocycles. The number of aryl methyl sites for hydroxylation is 1. The van der Waals surface area contributed by atoms with E-state index in [-0.39, 0.29) is 5.69 Å². The van der Waals surface area contributed by atoms with Crippen molar-refractivity contribution in [3.05, 3.63) is 50.5 Å². The maximum Gasteiger partial charge on any atom is 0.312 e. The molecule has 0 unspecified atom stereocenters. The minimum absolute atomic E-state index is 0.0650. The van der Waals surface area contributed by atoms with E-state index >= 15 is 0 Å². The lowest BCUT2D eigenvalue weighted by molar-refractivity contribution is -0.386. The van der Waals surface area contributed by atoms with Crippen molar-refractivity contribution >= 4 is 17.3 Å². The molecule has 0 amide bonds. The largest absolute Gasteiger partial charge is 0.312 e. The van der Waals surface area contributed by atoms with Crippen LogP contribution in [0.4, 0.5) is 5.69 Å². The zero-order valence-corrected chi connectivity index (χ0v) is 10.7. The number of nitro groups is 1. The van der Waals surface area contributed by atoms with Gasteiger partial charge in [0.15, 0.2) is 0 Å². The van der Waals surface area contributed by atoms with Gasteiger partial charge in [-0.25, -0.2) is 4.98 Å². The van der Waals surface area contributed by atoms with Gasteiger partial charge < -0.3 is 0 Å². The number of halogens is 1. The van der Waals surface area contributed by atoms with E-state index in [1.54, 1.807) is 36.9 Å². The van der Waals surface area contributed by atoms with Crippen LogP contribution in [0.25, 0.3) is 0 Å². The van der Waals surface area contributed by atoms with Gasteiger partial charge in [-0.3, -0.25) is 14.8 Å². The van der Waals surface area contributed by atoms with Crippen molar-refractivity contribution < 1.29 is 4.92 Å². The summed E-state index contributed by atoms with van der Waals surface area (Å²) in [6.07, 6.45) is 1.60. The summed E-state index contributed by atoms with van der Waals surface area (Å²) in [4.78, 5) is 14.4. The molecule has 94 valence electrons. The molecule has 6 nitrogen and oxygen atoms in total. The second-order valence-electron chi connectivity index (χ2n) is 3.92. The van der Waals surface area contributed by atoms with Crippen LogP contribution >= 0.6 is 11.6 Å². The van der Waals surface area contributed by atoms with Gasteiger partial charge >= 0.3 is 5.69 Å². The van der Waals surface area contributed by atoms with Gasteiger partial charge in [-0.2, -0.15) is 5.10 Å². The average molecular weight is 267 g/mol. The fourth-order valence-corrected chi connectivity index (χ4v) is 2.02. The van der Waals surface area contributed by atoms with Crippen LogP contribution in [0, 0.1) is 24.0 Å². The first-order valence-corrected chi connectivity index (χ1v) is 5.65. The summed E-state index contributed by atoms with van der Waals surface area (Å²) in [5.74, 6) is 0. The van der Waals surface area contributed by atoms with Crippen LogP contribution in [-0.2, 0) is 6.54 Å². The number of rotatable bonds is 3. The Bertz CT molecular complexity index is 609. The van der Waals surface area contributed by atoms with Crippen LogP contribution in [0.2, 0.25) is 5.15 Å². The number of hydrogen-bond donors (Lipinski definition) is 0. The van der Waals surface area contributed by atoms with E-state index in [0.717, 1.165) is 5.56 Å². The molecule has 2 rings (SSSR count). The molecule has 0 aliphatic carbocycles. The summed E-state index contributed by atoms with van der Waals surface area (Å²) >= 11 is 5.79. The Morgan fingerprint density at radius 1 is 1.50 bits per heavy atom. The highest BCUT2D eigenvalue weighted by Gasteiger charge is 2.21. The second kappa shape index (κ2) is 4.73. The second-order valence-corrected chi connectivity index (χ2v) is 4.31. The van der Waals surface area contributed by atoms with Gasteiger partial charge in [0, 0.05) is 6.20 Å². The third kappa shape index (κ3) is 2.33. The van der Waals surface area contributed by atoms with Crippen molar-refractivity contribution in [3.8, 4) is 0 Å². The molecule has 18 heavy (non-hydrogen) atoms. The molecule has 2 aromatic heterocycles. The van der Waals surface area contributed by atoms with Gasteiger partial charge in [0.05, 0.1) is 11.5 Å². The summed E-state index contributed by atoms with van der Waals surface area (Å²) in [7, 11) is 0. The fourth-order valence-electron chi connectivity index (χ4n) is 1.82. The van der Waals surface area contributed by atoms with Crippen LogP contribution in [0.15, 0.2) is 18.3 Å². The van der Waals surface area contributed by atoms with E-state index in [1.165, 1.54) is 0 Å². The minimum Gasteiger partial charge on any atom is -0.258 e. The van der Waals surface area contributed by atoms with E-state index < -0.39 is 4.92 Å². The SMILES string of the molecule is Cc1nn(Cc2ccnc(Cl)c2)c(C)c1[N+](=O)[O-]. The number of pyridine rings is 1. The predicted octanol–water partition coefficient (Wildman–Crippen LogP) is 2.50. The Labute approximate surface area is 108 Å². The molecule has 0 saturated carbocycles. The number of nitrogens with zero attached hydrogens (tertiary/aromatic N) is 4. The Morgan fingerprint density at radius 2 is 2.22 bits per heavy atom. The number of hydrogen-bond acceptors (Lipinski definition) is 4. The predicted molar refractivity (Wildman–Crippen MR) is 66.7 cm³/mol. The fraction of sp³-hybridized carbons (Fsp3) is 0.273. The van der Waals surface area contributed by atoms with Crippen molar-refractivity contribution in [2.45, 2.75) is 20.4 Å². The van der Waals surface area contributed by atoms with Crippen molar-refractivity contribution in [2.75, 3.05) is 0 Å². The third-order valence-corrected chi connectivity index (χ3v) is 2.86. The standard InChI is InChI=1S/C11H11ClN4O2/c1-7-11(16(17)18)8(2)15(14-7)6-9-3-4-13-10(12)5-9/h3-5H,6H2,1-2H3. The smallest absolute Gasteiger partial charge is 0.258 e. The van der Waals surface area contributed by atoms with E-state index in [2.05, 4.69) is 10.1 Å². The molecule has 7 heteroatoms. The summed E-state index contributed by atoms with van der Waals surface area (Å²) in [6, 6.07) is 3.51. The summed E-state index contributed by atoms with van der Waals surface area (Å²) in [5.41, 5.74) is 1.91. The number of aromatic nitrogens is 3. The van der Waals surface area contributed by atoms with Crippen LogP contribution in [-0.4, -0.2) is 19.7 Å². The maximum atomic E-state index is 10.9. The van der Waals surface area contributed by atoms with E-state index in [0.29, 0.717) is 23.1 Å². The van der Waals surface area contributed by atoms with Gasteiger partial charge in [-0.1, -0.05) is 11.6 Å². The first-order chi connectivity index (χ1) is 8.49. The summed E-state index contributed by atoms with van der Waals surface area (Å²) in [5, 5.41) is 15.4. The van der Waals surface area contributed by atoms with Gasteiger partial charge in [-0.05, 0) is 31.5 Å². The molecule has 0 N–H and O–H groups in total. The van der Waals surface area contributed by atoms with Crippen LogP contribution in [0.3, 0.4) is 0 Å². The Balaban J connectivity index is 2.36. The minimum atomic E-state index is -0.409. The van der Waals surface area contributed by atoms with Gasteiger partial charge in [-0.15, -0.1) is 0 Å². The highest BCUT2D eigenvalue weighted by Crippen LogP contribution is 2.22. The summed E-state index contributed by atoms with van der Waals surface area (Å²) in [6.45, 7) is 3.74. The van der Waals surface area contributed by atoms with Crippen molar-refractivity contribution in [2.24, 2.45) is 0 Å². The van der Waals surface area contributed by atoms with E-state index in [1.807, 2.05) is 0 Å². The quantitative estimate of drug-likeness (QED) is 0.486. The zero-order valence-electron chi connectivity index (χ0n) is 9.92. The Hall–Kier alpha value is -1.95. The summed E-state index contributed by atoms with van der Waals surface area (Å²) < 4.78 is 1.60. The van der Waals surface area contributed by atoms with Gasteiger partial charge in [0.2, 0.25) is 0 Å². The van der Waals surface area contributed by atoms with Gasteiger partial charge in [0.1, 0.15) is 16.5 Å². The zero-order chi connectivity index (χ0) is 13.3. The molecular formula is C11H11ClN4O2.